The number of halogens is 1. The van der Waals surface area contributed by atoms with Gasteiger partial charge in [-0.25, -0.2) is 0 Å². The molecule has 1 saturated carbocycles. The number of amides is 1. The lowest BCUT2D eigenvalue weighted by atomic mass is 9.83. The van der Waals surface area contributed by atoms with E-state index in [0.29, 0.717) is 18.2 Å². The number of nitriles is 1. The van der Waals surface area contributed by atoms with Gasteiger partial charge >= 0.3 is 0 Å². The SMILES string of the molecule is CN(CCCOc1cccc(Cl)c1)CC(=O)NC1(C#N)CCCCC1. The second kappa shape index (κ2) is 9.65. The van der Waals surface area contributed by atoms with Crippen molar-refractivity contribution in [1.82, 2.24) is 10.2 Å². The maximum Gasteiger partial charge on any atom is 0.235 e. The van der Waals surface area contributed by atoms with E-state index in [2.05, 4.69) is 11.4 Å². The summed E-state index contributed by atoms with van der Waals surface area (Å²) in [7, 11) is 1.90. The molecule has 25 heavy (non-hydrogen) atoms. The van der Waals surface area contributed by atoms with Gasteiger partial charge in [-0.05, 0) is 44.5 Å². The Bertz CT molecular complexity index is 609. The molecule has 0 aliphatic heterocycles. The van der Waals surface area contributed by atoms with Gasteiger partial charge in [0.05, 0.1) is 19.2 Å². The minimum absolute atomic E-state index is 0.0818. The molecular formula is C19H26ClN3O2. The van der Waals surface area contributed by atoms with Gasteiger partial charge in [-0.3, -0.25) is 9.69 Å². The third-order valence-corrected chi connectivity index (χ3v) is 4.70. The summed E-state index contributed by atoms with van der Waals surface area (Å²) in [6, 6.07) is 9.63. The quantitative estimate of drug-likeness (QED) is 0.719. The summed E-state index contributed by atoms with van der Waals surface area (Å²) < 4.78 is 5.64. The minimum Gasteiger partial charge on any atom is -0.493 e. The Morgan fingerprint density at radius 2 is 2.16 bits per heavy atom. The van der Waals surface area contributed by atoms with Crippen LogP contribution in [0.2, 0.25) is 5.02 Å². The average Bonchev–Trinajstić information content (AvgIpc) is 2.59. The molecule has 1 aromatic carbocycles. The molecule has 5 nitrogen and oxygen atoms in total. The lowest BCUT2D eigenvalue weighted by Crippen LogP contribution is -2.51. The van der Waals surface area contributed by atoms with Gasteiger partial charge in [0, 0.05) is 11.6 Å². The van der Waals surface area contributed by atoms with Crippen molar-refractivity contribution < 1.29 is 9.53 Å². The zero-order valence-electron chi connectivity index (χ0n) is 14.8. The number of rotatable bonds is 8. The molecular weight excluding hydrogens is 338 g/mol. The number of nitrogens with zero attached hydrogens (tertiary/aromatic N) is 2. The van der Waals surface area contributed by atoms with E-state index in [-0.39, 0.29) is 5.91 Å². The Labute approximate surface area is 154 Å². The fourth-order valence-corrected chi connectivity index (χ4v) is 3.31. The number of carbonyl (C=O) groups is 1. The van der Waals surface area contributed by atoms with Gasteiger partial charge in [-0.1, -0.05) is 36.9 Å². The van der Waals surface area contributed by atoms with Crippen molar-refractivity contribution in [2.75, 3.05) is 26.7 Å². The van der Waals surface area contributed by atoms with Crippen molar-refractivity contribution in [2.45, 2.75) is 44.1 Å². The fourth-order valence-electron chi connectivity index (χ4n) is 3.13. The summed E-state index contributed by atoms with van der Waals surface area (Å²) in [6.45, 7) is 1.60. The molecule has 1 N–H and O–H groups in total. The van der Waals surface area contributed by atoms with Crippen molar-refractivity contribution in [3.8, 4) is 11.8 Å². The highest BCUT2D eigenvalue weighted by Gasteiger charge is 2.33. The first kappa shape index (κ1) is 19.6. The molecule has 6 heteroatoms. The third kappa shape index (κ3) is 6.56. The van der Waals surface area contributed by atoms with Gasteiger partial charge in [-0.2, -0.15) is 5.26 Å². The van der Waals surface area contributed by atoms with Crippen molar-refractivity contribution in [1.29, 1.82) is 5.26 Å². The summed E-state index contributed by atoms with van der Waals surface area (Å²) in [6.07, 6.45) is 5.47. The number of ether oxygens (including phenoxy) is 1. The van der Waals surface area contributed by atoms with Crippen LogP contribution in [0, 0.1) is 11.3 Å². The minimum atomic E-state index is -0.661. The molecule has 1 fully saturated rings. The molecule has 0 saturated heterocycles. The van der Waals surface area contributed by atoms with Crippen LogP contribution in [0.25, 0.3) is 0 Å². The maximum atomic E-state index is 12.2. The first-order valence-electron chi connectivity index (χ1n) is 8.82. The molecule has 136 valence electrons. The summed E-state index contributed by atoms with van der Waals surface area (Å²) in [4.78, 5) is 14.2. The van der Waals surface area contributed by atoms with Crippen LogP contribution in [-0.2, 0) is 4.79 Å². The van der Waals surface area contributed by atoms with E-state index in [4.69, 9.17) is 16.3 Å². The van der Waals surface area contributed by atoms with Gasteiger partial charge in [-0.15, -0.1) is 0 Å². The molecule has 0 heterocycles. The van der Waals surface area contributed by atoms with Crippen LogP contribution in [0.1, 0.15) is 38.5 Å². The summed E-state index contributed by atoms with van der Waals surface area (Å²) in [5.41, 5.74) is -0.661. The molecule has 0 aromatic heterocycles. The number of benzene rings is 1. The molecule has 0 atom stereocenters. The Kier molecular flexibility index (Phi) is 7.54. The van der Waals surface area contributed by atoms with Gasteiger partial charge < -0.3 is 10.1 Å². The van der Waals surface area contributed by atoms with Crippen LogP contribution in [0.3, 0.4) is 0 Å². The number of nitrogens with one attached hydrogen (secondary N) is 1. The largest absolute Gasteiger partial charge is 0.493 e. The summed E-state index contributed by atoms with van der Waals surface area (Å²) in [5, 5.41) is 13.0. The van der Waals surface area contributed by atoms with E-state index in [1.54, 1.807) is 12.1 Å². The number of likely N-dealkylation sites (N-methyl/N-ethyl adjacent to an activating group) is 1. The van der Waals surface area contributed by atoms with E-state index >= 15 is 0 Å². The molecule has 0 spiro atoms. The molecule has 1 aliphatic carbocycles. The second-order valence-electron chi connectivity index (χ2n) is 6.70. The van der Waals surface area contributed by atoms with Crippen molar-refractivity contribution >= 4 is 17.5 Å². The van der Waals surface area contributed by atoms with E-state index in [1.165, 1.54) is 0 Å². The average molecular weight is 364 g/mol. The smallest absolute Gasteiger partial charge is 0.235 e. The molecule has 0 unspecified atom stereocenters. The van der Waals surface area contributed by atoms with Crippen LogP contribution in [0.15, 0.2) is 24.3 Å². The van der Waals surface area contributed by atoms with Gasteiger partial charge in [0.25, 0.3) is 0 Å². The van der Waals surface area contributed by atoms with Crippen molar-refractivity contribution in [3.05, 3.63) is 29.3 Å². The molecule has 0 bridgehead atoms. The number of hydrogen-bond donors (Lipinski definition) is 1. The highest BCUT2D eigenvalue weighted by molar-refractivity contribution is 6.30. The van der Waals surface area contributed by atoms with Crippen molar-refractivity contribution in [2.24, 2.45) is 0 Å². The number of carbonyl (C=O) groups excluding carboxylic acids is 1. The van der Waals surface area contributed by atoms with Gasteiger partial charge in [0.15, 0.2) is 0 Å². The zero-order valence-corrected chi connectivity index (χ0v) is 15.5. The molecule has 2 rings (SSSR count). The Morgan fingerprint density at radius 3 is 2.84 bits per heavy atom. The van der Waals surface area contributed by atoms with Crippen LogP contribution >= 0.6 is 11.6 Å². The van der Waals surface area contributed by atoms with Gasteiger partial charge in [0.2, 0.25) is 5.91 Å². The number of hydrogen-bond acceptors (Lipinski definition) is 4. The fraction of sp³-hybridized carbons (Fsp3) is 0.579. The molecule has 1 amide bonds. The lowest BCUT2D eigenvalue weighted by molar-refractivity contribution is -0.123. The maximum absolute atomic E-state index is 12.2. The summed E-state index contributed by atoms with van der Waals surface area (Å²) >= 11 is 5.91. The van der Waals surface area contributed by atoms with E-state index in [9.17, 15) is 10.1 Å². The molecule has 1 aliphatic rings. The first-order chi connectivity index (χ1) is 12.0. The van der Waals surface area contributed by atoms with Crippen LogP contribution < -0.4 is 10.1 Å². The summed E-state index contributed by atoms with van der Waals surface area (Å²) in [5.74, 6) is 0.669. The van der Waals surface area contributed by atoms with Gasteiger partial charge in [0.1, 0.15) is 11.3 Å². The second-order valence-corrected chi connectivity index (χ2v) is 7.14. The van der Waals surface area contributed by atoms with Crippen LogP contribution in [-0.4, -0.2) is 43.1 Å². The van der Waals surface area contributed by atoms with Crippen LogP contribution in [0.4, 0.5) is 0 Å². The molecule has 1 aromatic rings. The monoisotopic (exact) mass is 363 g/mol. The standard InChI is InChI=1S/C19H26ClN3O2/c1-23(11-6-12-25-17-8-5-7-16(20)13-17)14-18(24)22-19(15-21)9-3-2-4-10-19/h5,7-8,13H,2-4,6,9-12,14H2,1H3,(H,22,24). The highest BCUT2D eigenvalue weighted by atomic mass is 35.5. The van der Waals surface area contributed by atoms with E-state index in [0.717, 1.165) is 50.8 Å². The predicted molar refractivity (Wildman–Crippen MR) is 98.6 cm³/mol. The molecule has 0 radical (unpaired) electrons. The first-order valence-corrected chi connectivity index (χ1v) is 9.20. The topological polar surface area (TPSA) is 65.4 Å². The Hall–Kier alpha value is -1.77. The van der Waals surface area contributed by atoms with Crippen molar-refractivity contribution in [3.63, 3.8) is 0 Å². The van der Waals surface area contributed by atoms with Crippen LogP contribution in [0.5, 0.6) is 5.75 Å². The lowest BCUT2D eigenvalue weighted by Gasteiger charge is -2.32. The zero-order chi connectivity index (χ0) is 18.1. The Balaban J connectivity index is 1.66. The predicted octanol–water partition coefficient (Wildman–Crippen LogP) is 3.38. The normalized spacial score (nSPS) is 16.2. The van der Waals surface area contributed by atoms with E-state index in [1.807, 2.05) is 24.1 Å². The Morgan fingerprint density at radius 1 is 1.40 bits per heavy atom. The highest BCUT2D eigenvalue weighted by Crippen LogP contribution is 2.27. The third-order valence-electron chi connectivity index (χ3n) is 4.46. The van der Waals surface area contributed by atoms with E-state index < -0.39 is 5.54 Å².